The van der Waals surface area contributed by atoms with E-state index in [1.165, 1.54) is 0 Å². The van der Waals surface area contributed by atoms with Crippen LogP contribution in [-0.2, 0) is 9.47 Å². The normalized spacial score (nSPS) is 67.8. The van der Waals surface area contributed by atoms with Gasteiger partial charge in [-0.05, 0) is 0 Å². The Morgan fingerprint density at radius 1 is 0.833 bits per heavy atom. The predicted molar refractivity (Wildman–Crippen MR) is 41.7 cm³/mol. The van der Waals surface area contributed by atoms with E-state index in [0.717, 1.165) is 0 Å². The second-order valence-corrected chi connectivity index (χ2v) is 4.34. The lowest BCUT2D eigenvalue weighted by Crippen LogP contribution is -2.47. The van der Waals surface area contributed by atoms with E-state index in [1.54, 1.807) is 0 Å². The van der Waals surface area contributed by atoms with Crippen LogP contribution in [0.25, 0.3) is 0 Å². The molecule has 4 saturated heterocycles. The van der Waals surface area contributed by atoms with Gasteiger partial charge in [-0.15, -0.1) is 0 Å². The summed E-state index contributed by atoms with van der Waals surface area (Å²) in [6.07, 6.45) is 0.0979. The maximum atomic E-state index is 9.74. The van der Waals surface area contributed by atoms with E-state index in [2.05, 4.69) is 13.8 Å². The molecule has 68 valence electrons. The van der Waals surface area contributed by atoms with Crippen molar-refractivity contribution in [2.75, 3.05) is 0 Å². The molecule has 12 heavy (non-hydrogen) atoms. The second-order valence-electron chi connectivity index (χ2n) is 4.34. The summed E-state index contributed by atoms with van der Waals surface area (Å²) in [5.74, 6) is 0.809. The van der Waals surface area contributed by atoms with Gasteiger partial charge in [0.1, 0.15) is 12.2 Å². The van der Waals surface area contributed by atoms with Gasteiger partial charge in [0.15, 0.2) is 0 Å². The van der Waals surface area contributed by atoms with Crippen LogP contribution >= 0.6 is 0 Å². The zero-order valence-electron chi connectivity index (χ0n) is 7.31. The summed E-state index contributed by atoms with van der Waals surface area (Å²) in [6, 6.07) is 0. The topological polar surface area (TPSA) is 38.7 Å². The molecular weight excluding hydrogens is 156 g/mol. The molecule has 4 rings (SSSR count). The number of aliphatic hydroxyl groups is 1. The van der Waals surface area contributed by atoms with Crippen LogP contribution in [0.15, 0.2) is 0 Å². The zero-order chi connectivity index (χ0) is 8.46. The molecule has 0 amide bonds. The van der Waals surface area contributed by atoms with Gasteiger partial charge < -0.3 is 14.6 Å². The van der Waals surface area contributed by atoms with Crippen LogP contribution in [-0.4, -0.2) is 35.6 Å². The van der Waals surface area contributed by atoms with Gasteiger partial charge in [-0.1, -0.05) is 13.8 Å². The van der Waals surface area contributed by atoms with Crippen LogP contribution in [0, 0.1) is 11.8 Å². The van der Waals surface area contributed by atoms with E-state index in [-0.39, 0.29) is 24.4 Å². The fourth-order valence-corrected chi connectivity index (χ4v) is 3.02. The highest BCUT2D eigenvalue weighted by Gasteiger charge is 2.63. The first-order valence-corrected chi connectivity index (χ1v) is 4.69. The van der Waals surface area contributed by atoms with Gasteiger partial charge >= 0.3 is 0 Å². The Bertz CT molecular complexity index is 188. The van der Waals surface area contributed by atoms with Crippen LogP contribution < -0.4 is 0 Å². The average Bonchev–Trinajstić information content (AvgIpc) is 2.43. The molecule has 0 spiro atoms. The Hall–Kier alpha value is -0.120. The maximum Gasteiger partial charge on any atom is 0.113 e. The lowest BCUT2D eigenvalue weighted by molar-refractivity contribution is -0.149. The quantitative estimate of drug-likeness (QED) is 0.563. The summed E-state index contributed by atoms with van der Waals surface area (Å²) in [4.78, 5) is 0. The van der Waals surface area contributed by atoms with E-state index in [0.29, 0.717) is 17.9 Å². The summed E-state index contributed by atoms with van der Waals surface area (Å²) in [5, 5.41) is 9.74. The standard InChI is InChI=1S/C9H14O3/c1-3-6-4(2)8-9(11-6)5(10)7(3)12-8/h3-10H,1-2H3/t3?,4?,5-,6-,7-,8+,9?/m0/s1. The maximum absolute atomic E-state index is 9.74. The minimum absolute atomic E-state index is 0.0359. The Labute approximate surface area is 71.7 Å². The van der Waals surface area contributed by atoms with Crippen LogP contribution in [0.1, 0.15) is 13.8 Å². The third kappa shape index (κ3) is 0.605. The molecule has 4 heterocycles. The molecule has 4 aliphatic heterocycles. The van der Waals surface area contributed by atoms with Gasteiger partial charge in [0.2, 0.25) is 0 Å². The molecule has 7 atom stereocenters. The van der Waals surface area contributed by atoms with E-state index in [9.17, 15) is 5.11 Å². The SMILES string of the molecule is CC1[C@H]2O[C@H]3C(C)[C@@H]1OC2[C@H]3O. The summed E-state index contributed by atoms with van der Waals surface area (Å²) in [6.45, 7) is 4.26. The first kappa shape index (κ1) is 7.30. The Balaban J connectivity index is 2.01. The van der Waals surface area contributed by atoms with Gasteiger partial charge in [0, 0.05) is 11.8 Å². The summed E-state index contributed by atoms with van der Waals surface area (Å²) in [7, 11) is 0. The Morgan fingerprint density at radius 3 is 2.08 bits per heavy atom. The molecule has 3 nitrogen and oxygen atoms in total. The van der Waals surface area contributed by atoms with E-state index >= 15 is 0 Å². The smallest absolute Gasteiger partial charge is 0.113 e. The monoisotopic (exact) mass is 170 g/mol. The minimum atomic E-state index is -0.383. The number of ether oxygens (including phenoxy) is 2. The lowest BCUT2D eigenvalue weighted by Gasteiger charge is -2.37. The molecule has 4 bridgehead atoms. The van der Waals surface area contributed by atoms with Crippen molar-refractivity contribution < 1.29 is 14.6 Å². The largest absolute Gasteiger partial charge is 0.388 e. The highest BCUT2D eigenvalue weighted by molar-refractivity contribution is 5.09. The number of aliphatic hydroxyl groups excluding tert-OH is 1. The van der Waals surface area contributed by atoms with Crippen molar-refractivity contribution in [2.24, 2.45) is 11.8 Å². The molecular formula is C9H14O3. The number of hydrogen-bond donors (Lipinski definition) is 1. The summed E-state index contributed by atoms with van der Waals surface area (Å²) >= 11 is 0. The molecule has 4 aliphatic rings. The third-order valence-corrected chi connectivity index (χ3v) is 3.70. The second kappa shape index (κ2) is 2.03. The minimum Gasteiger partial charge on any atom is -0.388 e. The van der Waals surface area contributed by atoms with Crippen LogP contribution in [0.3, 0.4) is 0 Å². The van der Waals surface area contributed by atoms with E-state index in [1.807, 2.05) is 0 Å². The van der Waals surface area contributed by atoms with Crippen molar-refractivity contribution in [3.8, 4) is 0 Å². The fraction of sp³-hybridized carbons (Fsp3) is 1.00. The van der Waals surface area contributed by atoms with Crippen molar-refractivity contribution >= 4 is 0 Å². The fourth-order valence-electron chi connectivity index (χ4n) is 3.02. The van der Waals surface area contributed by atoms with Gasteiger partial charge in [-0.3, -0.25) is 0 Å². The molecule has 0 radical (unpaired) electrons. The molecule has 0 saturated carbocycles. The highest BCUT2D eigenvalue weighted by Crippen LogP contribution is 2.49. The van der Waals surface area contributed by atoms with Gasteiger partial charge in [0.25, 0.3) is 0 Å². The van der Waals surface area contributed by atoms with E-state index < -0.39 is 0 Å². The van der Waals surface area contributed by atoms with Crippen molar-refractivity contribution in [3.05, 3.63) is 0 Å². The predicted octanol–water partition coefficient (Wildman–Crippen LogP) is 0.168. The van der Waals surface area contributed by atoms with Crippen LogP contribution in [0.5, 0.6) is 0 Å². The van der Waals surface area contributed by atoms with Crippen molar-refractivity contribution in [3.63, 3.8) is 0 Å². The molecule has 0 aromatic rings. The molecule has 0 aliphatic carbocycles. The van der Waals surface area contributed by atoms with E-state index in [4.69, 9.17) is 9.47 Å². The average molecular weight is 170 g/mol. The molecule has 0 aromatic carbocycles. The van der Waals surface area contributed by atoms with Crippen LogP contribution in [0.4, 0.5) is 0 Å². The van der Waals surface area contributed by atoms with Crippen molar-refractivity contribution in [1.29, 1.82) is 0 Å². The Morgan fingerprint density at radius 2 is 1.42 bits per heavy atom. The van der Waals surface area contributed by atoms with Crippen molar-refractivity contribution in [2.45, 2.75) is 44.4 Å². The first-order chi connectivity index (χ1) is 5.70. The van der Waals surface area contributed by atoms with Gasteiger partial charge in [0.05, 0.1) is 18.3 Å². The number of hydrogen-bond acceptors (Lipinski definition) is 3. The van der Waals surface area contributed by atoms with Gasteiger partial charge in [-0.2, -0.15) is 0 Å². The molecule has 1 N–H and O–H groups in total. The third-order valence-electron chi connectivity index (χ3n) is 3.70. The molecule has 4 fully saturated rings. The molecule has 0 aromatic heterocycles. The number of rotatable bonds is 0. The molecule has 3 heteroatoms. The highest BCUT2D eigenvalue weighted by atomic mass is 16.6. The first-order valence-electron chi connectivity index (χ1n) is 4.69. The summed E-state index contributed by atoms with van der Waals surface area (Å²) < 4.78 is 11.4. The van der Waals surface area contributed by atoms with Crippen LogP contribution in [0.2, 0.25) is 0 Å². The Kier molecular flexibility index (Phi) is 1.23. The zero-order valence-corrected chi connectivity index (χ0v) is 7.31. The van der Waals surface area contributed by atoms with Crippen molar-refractivity contribution in [1.82, 2.24) is 0 Å². The lowest BCUT2D eigenvalue weighted by atomic mass is 9.87. The molecule has 3 unspecified atom stereocenters. The van der Waals surface area contributed by atoms with Gasteiger partial charge in [-0.25, -0.2) is 0 Å². The summed E-state index contributed by atoms with van der Waals surface area (Å²) in [5.41, 5.74) is 0.